The first-order valence-corrected chi connectivity index (χ1v) is 7.37. The molecule has 114 valence electrons. The average Bonchev–Trinajstić information content (AvgIpc) is 2.55. The van der Waals surface area contributed by atoms with E-state index in [9.17, 15) is 4.79 Å². The van der Waals surface area contributed by atoms with Gasteiger partial charge in [0.25, 0.3) is 0 Å². The standard InChI is InChI=1S/C19H20O3/c1-2-21-19(20)10-6-9-16-11-13-18(14-12-16)22-15-17-7-4-3-5-8-17/h3-8,10-14H,2,9,15H2,1H3. The van der Waals surface area contributed by atoms with Crippen LogP contribution in [0.15, 0.2) is 66.7 Å². The zero-order chi connectivity index (χ0) is 15.6. The van der Waals surface area contributed by atoms with Gasteiger partial charge >= 0.3 is 5.97 Å². The molecule has 0 spiro atoms. The van der Waals surface area contributed by atoms with Gasteiger partial charge in [0.05, 0.1) is 6.61 Å². The number of allylic oxidation sites excluding steroid dienone is 1. The van der Waals surface area contributed by atoms with E-state index in [0.29, 0.717) is 19.6 Å². The van der Waals surface area contributed by atoms with Gasteiger partial charge in [0, 0.05) is 6.08 Å². The monoisotopic (exact) mass is 296 g/mol. The van der Waals surface area contributed by atoms with Crippen molar-refractivity contribution in [3.05, 3.63) is 77.9 Å². The Morgan fingerprint density at radius 3 is 2.41 bits per heavy atom. The van der Waals surface area contributed by atoms with Gasteiger partial charge in [-0.2, -0.15) is 0 Å². The highest BCUT2D eigenvalue weighted by atomic mass is 16.5. The van der Waals surface area contributed by atoms with E-state index in [1.165, 1.54) is 6.08 Å². The van der Waals surface area contributed by atoms with Crippen molar-refractivity contribution < 1.29 is 14.3 Å². The molecule has 0 heterocycles. The molecule has 0 unspecified atom stereocenters. The first-order chi connectivity index (χ1) is 10.8. The Morgan fingerprint density at radius 2 is 1.73 bits per heavy atom. The Hall–Kier alpha value is -2.55. The maximum absolute atomic E-state index is 11.2. The van der Waals surface area contributed by atoms with Crippen LogP contribution in [0.4, 0.5) is 0 Å². The lowest BCUT2D eigenvalue weighted by Gasteiger charge is -2.06. The third-order valence-corrected chi connectivity index (χ3v) is 3.07. The van der Waals surface area contributed by atoms with Crippen LogP contribution in [0.1, 0.15) is 18.1 Å². The number of carbonyl (C=O) groups excluding carboxylic acids is 1. The van der Waals surface area contributed by atoms with Crippen molar-refractivity contribution in [1.82, 2.24) is 0 Å². The molecule has 3 heteroatoms. The van der Waals surface area contributed by atoms with Crippen LogP contribution in [0.5, 0.6) is 5.75 Å². The highest BCUT2D eigenvalue weighted by Gasteiger charge is 1.97. The highest BCUT2D eigenvalue weighted by Crippen LogP contribution is 2.14. The molecule has 0 radical (unpaired) electrons. The highest BCUT2D eigenvalue weighted by molar-refractivity contribution is 5.81. The van der Waals surface area contributed by atoms with Crippen molar-refractivity contribution in [3.63, 3.8) is 0 Å². The van der Waals surface area contributed by atoms with Crippen LogP contribution in [0.3, 0.4) is 0 Å². The van der Waals surface area contributed by atoms with Gasteiger partial charge in [-0.15, -0.1) is 0 Å². The van der Waals surface area contributed by atoms with Crippen LogP contribution in [0.2, 0.25) is 0 Å². The lowest BCUT2D eigenvalue weighted by Crippen LogP contribution is -1.99. The smallest absolute Gasteiger partial charge is 0.330 e. The molecule has 0 aromatic heterocycles. The summed E-state index contributed by atoms with van der Waals surface area (Å²) in [4.78, 5) is 11.2. The van der Waals surface area contributed by atoms with E-state index in [2.05, 4.69) is 0 Å². The number of hydrogen-bond acceptors (Lipinski definition) is 3. The van der Waals surface area contributed by atoms with E-state index in [1.807, 2.05) is 54.6 Å². The molecule has 2 aromatic carbocycles. The molecule has 0 saturated carbocycles. The average molecular weight is 296 g/mol. The number of benzene rings is 2. The minimum absolute atomic E-state index is 0.301. The number of hydrogen-bond donors (Lipinski definition) is 0. The molecule has 22 heavy (non-hydrogen) atoms. The summed E-state index contributed by atoms with van der Waals surface area (Å²) in [5.41, 5.74) is 2.26. The zero-order valence-corrected chi connectivity index (χ0v) is 12.7. The maximum Gasteiger partial charge on any atom is 0.330 e. The third-order valence-electron chi connectivity index (χ3n) is 3.07. The molecule has 0 aliphatic heterocycles. The van der Waals surface area contributed by atoms with Crippen molar-refractivity contribution in [2.24, 2.45) is 0 Å². The third kappa shape index (κ3) is 5.44. The minimum Gasteiger partial charge on any atom is -0.489 e. The van der Waals surface area contributed by atoms with Gasteiger partial charge in [-0.1, -0.05) is 48.5 Å². The molecule has 0 amide bonds. The summed E-state index contributed by atoms with van der Waals surface area (Å²) in [6.07, 6.45) is 3.96. The van der Waals surface area contributed by atoms with Crippen molar-refractivity contribution in [2.75, 3.05) is 6.61 Å². The fraction of sp³-hybridized carbons (Fsp3) is 0.211. The molecule has 0 N–H and O–H groups in total. The minimum atomic E-state index is -0.301. The zero-order valence-electron chi connectivity index (χ0n) is 12.7. The maximum atomic E-state index is 11.2. The van der Waals surface area contributed by atoms with E-state index in [-0.39, 0.29) is 5.97 Å². The number of esters is 1. The van der Waals surface area contributed by atoms with Crippen molar-refractivity contribution in [3.8, 4) is 5.75 Å². The largest absolute Gasteiger partial charge is 0.489 e. The van der Waals surface area contributed by atoms with Crippen LogP contribution in [-0.4, -0.2) is 12.6 Å². The summed E-state index contributed by atoms with van der Waals surface area (Å²) in [5.74, 6) is 0.535. The van der Waals surface area contributed by atoms with Gasteiger partial charge in [-0.3, -0.25) is 0 Å². The van der Waals surface area contributed by atoms with E-state index in [1.54, 1.807) is 13.0 Å². The summed E-state index contributed by atoms with van der Waals surface area (Å²) in [6.45, 7) is 2.75. The SMILES string of the molecule is CCOC(=O)C=CCc1ccc(OCc2ccccc2)cc1. The molecule has 2 aromatic rings. The Morgan fingerprint density at radius 1 is 1.00 bits per heavy atom. The molecule has 2 rings (SSSR count). The van der Waals surface area contributed by atoms with Crippen LogP contribution >= 0.6 is 0 Å². The number of rotatable bonds is 7. The Balaban J connectivity index is 1.81. The fourth-order valence-electron chi connectivity index (χ4n) is 1.94. The summed E-state index contributed by atoms with van der Waals surface area (Å²) in [7, 11) is 0. The quantitative estimate of drug-likeness (QED) is 0.573. The van der Waals surface area contributed by atoms with E-state index < -0.39 is 0 Å². The first kappa shape index (κ1) is 15.8. The Bertz CT molecular complexity index is 600. The van der Waals surface area contributed by atoms with E-state index in [4.69, 9.17) is 9.47 Å². The predicted molar refractivity (Wildman–Crippen MR) is 86.7 cm³/mol. The predicted octanol–water partition coefficient (Wildman–Crippen LogP) is 3.93. The van der Waals surface area contributed by atoms with Gasteiger partial charge in [-0.25, -0.2) is 4.79 Å². The van der Waals surface area contributed by atoms with E-state index >= 15 is 0 Å². The Labute approximate surface area is 131 Å². The van der Waals surface area contributed by atoms with Crippen LogP contribution in [0, 0.1) is 0 Å². The van der Waals surface area contributed by atoms with Crippen LogP contribution in [-0.2, 0) is 22.6 Å². The molecular weight excluding hydrogens is 276 g/mol. The molecular formula is C19H20O3. The summed E-state index contributed by atoms with van der Waals surface area (Å²) < 4.78 is 10.6. The van der Waals surface area contributed by atoms with Crippen molar-refractivity contribution >= 4 is 5.97 Å². The molecule has 3 nitrogen and oxygen atoms in total. The molecule has 0 aliphatic carbocycles. The van der Waals surface area contributed by atoms with Crippen LogP contribution in [0.25, 0.3) is 0 Å². The second-order valence-electron chi connectivity index (χ2n) is 4.78. The van der Waals surface area contributed by atoms with E-state index in [0.717, 1.165) is 16.9 Å². The lowest BCUT2D eigenvalue weighted by molar-refractivity contribution is -0.137. The second-order valence-corrected chi connectivity index (χ2v) is 4.78. The lowest BCUT2D eigenvalue weighted by atomic mass is 10.1. The topological polar surface area (TPSA) is 35.5 Å². The number of ether oxygens (including phenoxy) is 2. The van der Waals surface area contributed by atoms with Gasteiger partial charge in [-0.05, 0) is 36.6 Å². The summed E-state index contributed by atoms with van der Waals surface area (Å²) in [5, 5.41) is 0. The normalized spacial score (nSPS) is 10.6. The summed E-state index contributed by atoms with van der Waals surface area (Å²) >= 11 is 0. The van der Waals surface area contributed by atoms with Crippen molar-refractivity contribution in [2.45, 2.75) is 20.0 Å². The molecule has 0 fully saturated rings. The summed E-state index contributed by atoms with van der Waals surface area (Å²) in [6, 6.07) is 17.9. The van der Waals surface area contributed by atoms with Gasteiger partial charge in [0.2, 0.25) is 0 Å². The Kier molecular flexibility index (Phi) is 6.24. The first-order valence-electron chi connectivity index (χ1n) is 7.37. The van der Waals surface area contributed by atoms with Gasteiger partial charge < -0.3 is 9.47 Å². The molecule has 0 saturated heterocycles. The fourth-order valence-corrected chi connectivity index (χ4v) is 1.94. The van der Waals surface area contributed by atoms with Crippen molar-refractivity contribution in [1.29, 1.82) is 0 Å². The molecule has 0 aliphatic rings. The number of carbonyl (C=O) groups is 1. The van der Waals surface area contributed by atoms with Gasteiger partial charge in [0.1, 0.15) is 12.4 Å². The second kappa shape index (κ2) is 8.67. The molecule has 0 atom stereocenters. The van der Waals surface area contributed by atoms with Crippen LogP contribution < -0.4 is 4.74 Å². The molecule has 0 bridgehead atoms. The van der Waals surface area contributed by atoms with Gasteiger partial charge in [0.15, 0.2) is 0 Å².